The standard InChI is InChI=1S/C10H14O.C7H14/c1-2-4-9-5-3-6-10(11)8-7-9;1-7-5-3-2-4-6-7/h5-8,11H,2-4H2,1H3;7H,2-6H2,1H3. The van der Waals surface area contributed by atoms with Gasteiger partial charge in [0.05, 0.1) is 0 Å². The fraction of sp³-hybridized carbons (Fsp3) is 0.647. The highest BCUT2D eigenvalue weighted by Crippen LogP contribution is 2.22. The van der Waals surface area contributed by atoms with Crippen LogP contribution >= 0.6 is 0 Å². The second kappa shape index (κ2) is 9.02. The van der Waals surface area contributed by atoms with E-state index in [1.54, 1.807) is 6.08 Å². The maximum atomic E-state index is 9.12. The van der Waals surface area contributed by atoms with Gasteiger partial charge in [0.1, 0.15) is 5.76 Å². The Labute approximate surface area is 112 Å². The zero-order valence-corrected chi connectivity index (χ0v) is 12.0. The summed E-state index contributed by atoms with van der Waals surface area (Å²) in [6.07, 6.45) is 18.3. The van der Waals surface area contributed by atoms with Gasteiger partial charge in [0.15, 0.2) is 0 Å². The Morgan fingerprint density at radius 1 is 1.11 bits per heavy atom. The van der Waals surface area contributed by atoms with Gasteiger partial charge in [-0.05, 0) is 30.9 Å². The van der Waals surface area contributed by atoms with Crippen molar-refractivity contribution < 1.29 is 5.11 Å². The van der Waals surface area contributed by atoms with Gasteiger partial charge in [-0.2, -0.15) is 0 Å². The van der Waals surface area contributed by atoms with Crippen molar-refractivity contribution in [1.29, 1.82) is 0 Å². The van der Waals surface area contributed by atoms with E-state index in [0.717, 1.165) is 25.2 Å². The quantitative estimate of drug-likeness (QED) is 0.664. The molecule has 0 aliphatic heterocycles. The van der Waals surface area contributed by atoms with Crippen molar-refractivity contribution in [3.63, 3.8) is 0 Å². The molecule has 18 heavy (non-hydrogen) atoms. The lowest BCUT2D eigenvalue weighted by molar-refractivity contribution is 0.385. The van der Waals surface area contributed by atoms with Gasteiger partial charge in [-0.15, -0.1) is 0 Å². The first-order chi connectivity index (χ1) is 8.72. The molecular weight excluding hydrogens is 220 g/mol. The topological polar surface area (TPSA) is 20.2 Å². The van der Waals surface area contributed by atoms with Gasteiger partial charge in [0.25, 0.3) is 0 Å². The minimum absolute atomic E-state index is 0.382. The molecule has 2 aliphatic carbocycles. The molecule has 0 aromatic carbocycles. The van der Waals surface area contributed by atoms with Crippen LogP contribution in [0.5, 0.6) is 0 Å². The van der Waals surface area contributed by atoms with Crippen LogP contribution in [0.3, 0.4) is 0 Å². The Balaban J connectivity index is 0.000000199. The lowest BCUT2D eigenvalue weighted by Crippen LogP contribution is -1.99. The molecule has 1 heteroatoms. The van der Waals surface area contributed by atoms with E-state index in [9.17, 15) is 0 Å². The number of allylic oxidation sites excluding steroid dienone is 5. The SMILES string of the molecule is CC1CCCCC1.CCCC1=CCC=C(O)C=C1. The van der Waals surface area contributed by atoms with Crippen LogP contribution in [0.4, 0.5) is 0 Å². The molecule has 0 radical (unpaired) electrons. The van der Waals surface area contributed by atoms with Gasteiger partial charge in [0.2, 0.25) is 0 Å². The van der Waals surface area contributed by atoms with Crippen molar-refractivity contribution in [2.75, 3.05) is 0 Å². The minimum Gasteiger partial charge on any atom is -0.508 e. The van der Waals surface area contributed by atoms with Crippen LogP contribution < -0.4 is 0 Å². The van der Waals surface area contributed by atoms with E-state index in [4.69, 9.17) is 5.11 Å². The smallest absolute Gasteiger partial charge is 0.111 e. The van der Waals surface area contributed by atoms with Gasteiger partial charge < -0.3 is 5.11 Å². The van der Waals surface area contributed by atoms with Gasteiger partial charge in [0, 0.05) is 0 Å². The Morgan fingerprint density at radius 2 is 1.83 bits per heavy atom. The molecule has 0 aromatic heterocycles. The predicted octanol–water partition coefficient (Wildman–Crippen LogP) is 5.70. The summed E-state index contributed by atoms with van der Waals surface area (Å²) in [7, 11) is 0. The first-order valence-electron chi connectivity index (χ1n) is 7.48. The summed E-state index contributed by atoms with van der Waals surface area (Å²) >= 11 is 0. The third kappa shape index (κ3) is 6.68. The van der Waals surface area contributed by atoms with E-state index < -0.39 is 0 Å². The second-order valence-electron chi connectivity index (χ2n) is 5.47. The van der Waals surface area contributed by atoms with Crippen molar-refractivity contribution in [2.24, 2.45) is 5.92 Å². The third-order valence-corrected chi connectivity index (χ3v) is 3.61. The molecule has 0 unspecified atom stereocenters. The summed E-state index contributed by atoms with van der Waals surface area (Å²) in [5.74, 6) is 1.42. The van der Waals surface area contributed by atoms with Gasteiger partial charge in [-0.25, -0.2) is 0 Å². The van der Waals surface area contributed by atoms with Crippen molar-refractivity contribution in [2.45, 2.75) is 65.2 Å². The molecular formula is C17H28O. The summed E-state index contributed by atoms with van der Waals surface area (Å²) in [6, 6.07) is 0. The van der Waals surface area contributed by atoms with Crippen molar-refractivity contribution in [3.8, 4) is 0 Å². The highest BCUT2D eigenvalue weighted by atomic mass is 16.3. The maximum absolute atomic E-state index is 9.12. The van der Waals surface area contributed by atoms with E-state index in [0.29, 0.717) is 5.76 Å². The lowest BCUT2D eigenvalue weighted by atomic mass is 9.91. The normalized spacial score (nSPS) is 20.3. The molecule has 1 saturated carbocycles. The van der Waals surface area contributed by atoms with Crippen molar-refractivity contribution >= 4 is 0 Å². The summed E-state index contributed by atoms with van der Waals surface area (Å²) in [5.41, 5.74) is 1.33. The highest BCUT2D eigenvalue weighted by Gasteiger charge is 2.05. The zero-order valence-electron chi connectivity index (χ0n) is 12.0. The third-order valence-electron chi connectivity index (χ3n) is 3.61. The van der Waals surface area contributed by atoms with Crippen LogP contribution in [0.25, 0.3) is 0 Å². The van der Waals surface area contributed by atoms with E-state index in [1.807, 2.05) is 12.2 Å². The molecule has 102 valence electrons. The molecule has 0 bridgehead atoms. The van der Waals surface area contributed by atoms with E-state index in [-0.39, 0.29) is 0 Å². The lowest BCUT2D eigenvalue weighted by Gasteiger charge is -2.15. The zero-order chi connectivity index (χ0) is 13.2. The van der Waals surface area contributed by atoms with Crippen molar-refractivity contribution in [1.82, 2.24) is 0 Å². The van der Waals surface area contributed by atoms with Gasteiger partial charge in [-0.3, -0.25) is 0 Å². The van der Waals surface area contributed by atoms with E-state index >= 15 is 0 Å². The van der Waals surface area contributed by atoms with E-state index in [1.165, 1.54) is 37.7 Å². The highest BCUT2D eigenvalue weighted by molar-refractivity contribution is 5.28. The summed E-state index contributed by atoms with van der Waals surface area (Å²) < 4.78 is 0. The van der Waals surface area contributed by atoms with E-state index in [2.05, 4.69) is 19.9 Å². The van der Waals surface area contributed by atoms with Crippen LogP contribution in [-0.4, -0.2) is 5.11 Å². The predicted molar refractivity (Wildman–Crippen MR) is 79.7 cm³/mol. The molecule has 1 fully saturated rings. The molecule has 1 nitrogen and oxygen atoms in total. The number of rotatable bonds is 2. The van der Waals surface area contributed by atoms with Gasteiger partial charge in [-0.1, -0.05) is 70.1 Å². The van der Waals surface area contributed by atoms with Crippen molar-refractivity contribution in [3.05, 3.63) is 35.6 Å². The monoisotopic (exact) mass is 248 g/mol. The van der Waals surface area contributed by atoms with Crippen LogP contribution in [0.1, 0.15) is 65.2 Å². The van der Waals surface area contributed by atoms with Crippen LogP contribution in [-0.2, 0) is 0 Å². The molecule has 0 spiro atoms. The minimum atomic E-state index is 0.382. The average Bonchev–Trinajstić information content (AvgIpc) is 2.57. The summed E-state index contributed by atoms with van der Waals surface area (Å²) in [5, 5.41) is 9.12. The van der Waals surface area contributed by atoms with Crippen LogP contribution in [0.15, 0.2) is 35.6 Å². The molecule has 0 atom stereocenters. The molecule has 0 aromatic rings. The first kappa shape index (κ1) is 15.1. The number of hydrogen-bond acceptors (Lipinski definition) is 1. The first-order valence-corrected chi connectivity index (χ1v) is 7.48. The van der Waals surface area contributed by atoms with Crippen LogP contribution in [0.2, 0.25) is 0 Å². The number of hydrogen-bond donors (Lipinski definition) is 1. The number of aliphatic hydroxyl groups is 1. The number of aliphatic hydroxyl groups excluding tert-OH is 1. The fourth-order valence-corrected chi connectivity index (χ4v) is 2.44. The Kier molecular flexibility index (Phi) is 7.55. The summed E-state index contributed by atoms with van der Waals surface area (Å²) in [6.45, 7) is 4.52. The molecule has 2 rings (SSSR count). The summed E-state index contributed by atoms with van der Waals surface area (Å²) in [4.78, 5) is 0. The second-order valence-corrected chi connectivity index (χ2v) is 5.47. The Bertz CT molecular complexity index is 304. The molecule has 1 N–H and O–H groups in total. The maximum Gasteiger partial charge on any atom is 0.111 e. The average molecular weight is 248 g/mol. The fourth-order valence-electron chi connectivity index (χ4n) is 2.44. The largest absolute Gasteiger partial charge is 0.508 e. The molecule has 0 saturated heterocycles. The Morgan fingerprint density at radius 3 is 2.39 bits per heavy atom. The molecule has 0 heterocycles. The molecule has 2 aliphatic rings. The van der Waals surface area contributed by atoms with Gasteiger partial charge >= 0.3 is 0 Å². The Hall–Kier alpha value is -0.980. The molecule has 0 amide bonds. The van der Waals surface area contributed by atoms with Crippen LogP contribution in [0, 0.1) is 5.92 Å².